The van der Waals surface area contributed by atoms with Gasteiger partial charge in [0, 0.05) is 6.04 Å². The molecule has 1 aliphatic carbocycles. The summed E-state index contributed by atoms with van der Waals surface area (Å²) in [5.74, 6) is -0.829. The number of nitrogens with one attached hydrogen (secondary N) is 1. The molecule has 1 aromatic heterocycles. The van der Waals surface area contributed by atoms with Gasteiger partial charge in [-0.3, -0.25) is 0 Å². The first-order valence-corrected chi connectivity index (χ1v) is 8.12. The molecular weight excluding hydrogens is 309 g/mol. The van der Waals surface area contributed by atoms with Crippen LogP contribution in [0.25, 0.3) is 0 Å². The molecule has 1 aliphatic rings. The zero-order valence-electron chi connectivity index (χ0n) is 11.2. The van der Waals surface area contributed by atoms with Crippen molar-refractivity contribution in [3.8, 4) is 0 Å². The molecule has 0 amide bonds. The first kappa shape index (κ1) is 16.3. The monoisotopic (exact) mass is 326 g/mol. The van der Waals surface area contributed by atoms with Crippen LogP contribution in [0.3, 0.4) is 0 Å². The molecule has 1 heterocycles. The van der Waals surface area contributed by atoms with Crippen LogP contribution in [0.2, 0.25) is 0 Å². The molecule has 1 saturated carbocycles. The molecule has 120 valence electrons. The molecule has 1 aromatic rings. The van der Waals surface area contributed by atoms with E-state index in [4.69, 9.17) is 9.56 Å². The third-order valence-electron chi connectivity index (χ3n) is 3.67. The van der Waals surface area contributed by atoms with E-state index < -0.39 is 22.1 Å². The molecule has 0 saturated heterocycles. The van der Waals surface area contributed by atoms with Crippen LogP contribution in [0.15, 0.2) is 21.6 Å². The van der Waals surface area contributed by atoms with Gasteiger partial charge in [0.2, 0.25) is 5.09 Å². The summed E-state index contributed by atoms with van der Waals surface area (Å²) in [6.45, 7) is 0.261. The standard InChI is InChI=1S/C12H17F3N2O3S/c13-12(14,15)8-1-3-9(4-2-8)17-7-10-5-6-11(20-10)21(16,18)19/h5-6,8-9,17H,1-4,7H2,(H2,16,18,19). The van der Waals surface area contributed by atoms with Crippen LogP contribution in [0.1, 0.15) is 31.4 Å². The summed E-state index contributed by atoms with van der Waals surface area (Å²) in [6.07, 6.45) is -3.01. The number of alkyl halides is 3. The number of sulfonamides is 1. The van der Waals surface area contributed by atoms with Gasteiger partial charge in [-0.15, -0.1) is 0 Å². The summed E-state index contributed by atoms with van der Waals surface area (Å²) in [7, 11) is -3.87. The number of furan rings is 1. The Balaban J connectivity index is 1.81. The lowest BCUT2D eigenvalue weighted by Gasteiger charge is -2.30. The minimum atomic E-state index is -4.11. The van der Waals surface area contributed by atoms with Crippen LogP contribution < -0.4 is 10.5 Å². The van der Waals surface area contributed by atoms with E-state index in [-0.39, 0.29) is 30.5 Å². The van der Waals surface area contributed by atoms with E-state index in [0.29, 0.717) is 18.6 Å². The van der Waals surface area contributed by atoms with Gasteiger partial charge in [-0.05, 0) is 37.8 Å². The smallest absolute Gasteiger partial charge is 0.391 e. The van der Waals surface area contributed by atoms with Gasteiger partial charge < -0.3 is 9.73 Å². The van der Waals surface area contributed by atoms with Crippen molar-refractivity contribution in [1.29, 1.82) is 0 Å². The Morgan fingerprint density at radius 1 is 1.24 bits per heavy atom. The SMILES string of the molecule is NS(=O)(=O)c1ccc(CNC2CCC(C(F)(F)F)CC2)o1. The molecule has 0 unspecified atom stereocenters. The number of rotatable bonds is 4. The van der Waals surface area contributed by atoms with Gasteiger partial charge in [0.05, 0.1) is 12.5 Å². The first-order valence-electron chi connectivity index (χ1n) is 6.58. The van der Waals surface area contributed by atoms with Crippen LogP contribution in [0.4, 0.5) is 13.2 Å². The molecular formula is C12H17F3N2O3S. The van der Waals surface area contributed by atoms with E-state index in [9.17, 15) is 21.6 Å². The molecule has 1 fully saturated rings. The van der Waals surface area contributed by atoms with Gasteiger partial charge in [-0.25, -0.2) is 13.6 Å². The minimum Gasteiger partial charge on any atom is -0.447 e. The van der Waals surface area contributed by atoms with Crippen LogP contribution in [0, 0.1) is 5.92 Å². The Morgan fingerprint density at radius 2 is 1.86 bits per heavy atom. The lowest BCUT2D eigenvalue weighted by atomic mass is 9.85. The molecule has 2 rings (SSSR count). The topological polar surface area (TPSA) is 85.3 Å². The predicted octanol–water partition coefficient (Wildman–Crippen LogP) is 2.14. The maximum absolute atomic E-state index is 12.5. The largest absolute Gasteiger partial charge is 0.447 e. The molecule has 0 radical (unpaired) electrons. The Bertz CT molecular complexity index is 575. The average molecular weight is 326 g/mol. The van der Waals surface area contributed by atoms with Crippen molar-refractivity contribution in [3.63, 3.8) is 0 Å². The second-order valence-corrected chi connectivity index (χ2v) is 6.73. The molecule has 0 aliphatic heterocycles. The molecule has 5 nitrogen and oxygen atoms in total. The van der Waals surface area contributed by atoms with Crippen molar-refractivity contribution in [1.82, 2.24) is 5.32 Å². The van der Waals surface area contributed by atoms with Crippen molar-refractivity contribution < 1.29 is 26.0 Å². The van der Waals surface area contributed by atoms with Crippen molar-refractivity contribution in [2.24, 2.45) is 11.1 Å². The van der Waals surface area contributed by atoms with Crippen molar-refractivity contribution >= 4 is 10.0 Å². The van der Waals surface area contributed by atoms with Crippen LogP contribution in [0.5, 0.6) is 0 Å². The van der Waals surface area contributed by atoms with E-state index in [2.05, 4.69) is 5.32 Å². The quantitative estimate of drug-likeness (QED) is 0.888. The molecule has 0 bridgehead atoms. The molecule has 0 aromatic carbocycles. The maximum Gasteiger partial charge on any atom is 0.391 e. The van der Waals surface area contributed by atoms with Gasteiger partial charge in [0.1, 0.15) is 5.76 Å². The van der Waals surface area contributed by atoms with Crippen LogP contribution in [-0.4, -0.2) is 20.6 Å². The summed E-state index contributed by atoms with van der Waals surface area (Å²) in [4.78, 5) is 0. The fraction of sp³-hybridized carbons (Fsp3) is 0.667. The third-order valence-corrected chi connectivity index (χ3v) is 4.45. The second kappa shape index (κ2) is 5.98. The van der Waals surface area contributed by atoms with Gasteiger partial charge in [-0.2, -0.15) is 13.2 Å². The normalized spacial score (nSPS) is 24.2. The fourth-order valence-corrected chi connectivity index (χ4v) is 2.96. The van der Waals surface area contributed by atoms with Crippen molar-refractivity contribution in [3.05, 3.63) is 17.9 Å². The molecule has 3 N–H and O–H groups in total. The summed E-state index contributed by atoms with van der Waals surface area (Å²) in [6, 6.07) is 2.72. The van der Waals surface area contributed by atoms with E-state index in [1.54, 1.807) is 0 Å². The zero-order valence-corrected chi connectivity index (χ0v) is 12.0. The van der Waals surface area contributed by atoms with Gasteiger partial charge in [-0.1, -0.05) is 0 Å². The lowest BCUT2D eigenvalue weighted by molar-refractivity contribution is -0.182. The van der Waals surface area contributed by atoms with Crippen LogP contribution >= 0.6 is 0 Å². The Labute approximate surface area is 120 Å². The van der Waals surface area contributed by atoms with Gasteiger partial charge in [0.15, 0.2) is 0 Å². The average Bonchev–Trinajstić information content (AvgIpc) is 2.84. The second-order valence-electron chi connectivity index (χ2n) is 5.24. The number of hydrogen-bond donors (Lipinski definition) is 2. The first-order chi connectivity index (χ1) is 9.66. The van der Waals surface area contributed by atoms with Gasteiger partial charge in [0.25, 0.3) is 10.0 Å². The summed E-state index contributed by atoms with van der Waals surface area (Å²) in [5, 5.41) is 7.68. The minimum absolute atomic E-state index is 0.0216. The number of halogens is 3. The van der Waals surface area contributed by atoms with E-state index in [0.717, 1.165) is 0 Å². The summed E-state index contributed by atoms with van der Waals surface area (Å²) < 4.78 is 64.7. The molecule has 21 heavy (non-hydrogen) atoms. The summed E-state index contributed by atoms with van der Waals surface area (Å²) in [5.41, 5.74) is 0. The Morgan fingerprint density at radius 3 is 2.33 bits per heavy atom. The highest BCUT2D eigenvalue weighted by atomic mass is 32.2. The molecule has 9 heteroatoms. The van der Waals surface area contributed by atoms with E-state index in [1.165, 1.54) is 12.1 Å². The number of nitrogens with two attached hydrogens (primary N) is 1. The highest BCUT2D eigenvalue weighted by Crippen LogP contribution is 2.37. The predicted molar refractivity (Wildman–Crippen MR) is 68.7 cm³/mol. The highest BCUT2D eigenvalue weighted by molar-refractivity contribution is 7.89. The summed E-state index contributed by atoms with van der Waals surface area (Å²) >= 11 is 0. The number of hydrogen-bond acceptors (Lipinski definition) is 4. The van der Waals surface area contributed by atoms with Crippen LogP contribution in [-0.2, 0) is 16.6 Å². The Kier molecular flexibility index (Phi) is 4.64. The van der Waals surface area contributed by atoms with Gasteiger partial charge >= 0.3 is 6.18 Å². The highest BCUT2D eigenvalue weighted by Gasteiger charge is 2.41. The fourth-order valence-electron chi connectivity index (χ4n) is 2.48. The van der Waals surface area contributed by atoms with Crippen molar-refractivity contribution in [2.75, 3.05) is 0 Å². The Hall–Kier alpha value is -1.06. The maximum atomic E-state index is 12.5. The van der Waals surface area contributed by atoms with E-state index in [1.807, 2.05) is 0 Å². The zero-order chi connectivity index (χ0) is 15.7. The lowest BCUT2D eigenvalue weighted by Crippen LogP contribution is -2.36. The third kappa shape index (κ3) is 4.45. The molecule has 0 atom stereocenters. The number of primary sulfonamides is 1. The van der Waals surface area contributed by atoms with Crippen molar-refractivity contribution in [2.45, 2.75) is 49.5 Å². The van der Waals surface area contributed by atoms with E-state index >= 15 is 0 Å². The molecule has 0 spiro atoms.